The van der Waals surface area contributed by atoms with E-state index in [9.17, 15) is 24.3 Å². The number of carbonyl (C=O) groups is 4. The lowest BCUT2D eigenvalue weighted by atomic mass is 9.82. The molecule has 0 saturated heterocycles. The smallest absolute Gasteiger partial charge is 0.480 e. The number of ether oxygens (including phenoxy) is 6. The molecule has 0 saturated carbocycles. The fourth-order valence-corrected chi connectivity index (χ4v) is 3.69. The molecule has 0 heterocycles. The number of hydrogen-bond donors (Lipinski definition) is 2. The molecule has 1 aromatic carbocycles. The summed E-state index contributed by atoms with van der Waals surface area (Å²) in [6, 6.07) is 2.76. The van der Waals surface area contributed by atoms with Gasteiger partial charge in [-0.15, -0.1) is 0 Å². The predicted octanol–water partition coefficient (Wildman–Crippen LogP) is 6.28. The van der Waals surface area contributed by atoms with Gasteiger partial charge < -0.3 is 39.3 Å². The summed E-state index contributed by atoms with van der Waals surface area (Å²) in [5.74, 6) is -2.94. The molecule has 0 fully saturated rings. The van der Waals surface area contributed by atoms with Gasteiger partial charge in [0, 0.05) is 5.92 Å². The molecule has 5 atom stereocenters. The minimum Gasteiger partial charge on any atom is -0.480 e. The van der Waals surface area contributed by atoms with Crippen molar-refractivity contribution in [2.75, 3.05) is 26.4 Å². The maximum atomic E-state index is 12.5. The number of benzene rings is 1. The van der Waals surface area contributed by atoms with Gasteiger partial charge >= 0.3 is 24.4 Å². The Morgan fingerprint density at radius 3 is 1.83 bits per heavy atom. The van der Waals surface area contributed by atoms with E-state index in [2.05, 4.69) is 0 Å². The first-order valence-electron chi connectivity index (χ1n) is 14.5. The quantitative estimate of drug-likeness (QED) is 0.0841. The van der Waals surface area contributed by atoms with Crippen LogP contribution in [0.15, 0.2) is 18.2 Å². The van der Waals surface area contributed by atoms with Crippen LogP contribution in [0.5, 0.6) is 11.5 Å². The van der Waals surface area contributed by atoms with Crippen LogP contribution in [0.4, 0.5) is 14.4 Å². The standard InChI is InChI=1S/C30H47NO11/c1-7-10-11-14-37-28(34)40-18-21(6)25(26(31)27(32)33)22-12-13-23(41-29(35)38-16-19(4)8-2)24(15-22)42-30(36)39-17-20(5)9-3/h12-13,15,19-21,25-26H,7-11,14,16-18,31H2,1-6H3,(H,32,33)/t19?,20?,21?,25?,26-/m0/s1. The van der Waals surface area contributed by atoms with Crippen LogP contribution >= 0.6 is 0 Å². The van der Waals surface area contributed by atoms with Crippen LogP contribution in [0.1, 0.15) is 85.1 Å². The van der Waals surface area contributed by atoms with Crippen molar-refractivity contribution in [3.8, 4) is 11.5 Å². The summed E-state index contributed by atoms with van der Waals surface area (Å²) in [6.45, 7) is 11.7. The van der Waals surface area contributed by atoms with Crippen molar-refractivity contribution in [1.29, 1.82) is 0 Å². The van der Waals surface area contributed by atoms with E-state index in [-0.39, 0.29) is 49.8 Å². The Bertz CT molecular complexity index is 999. The van der Waals surface area contributed by atoms with Crippen molar-refractivity contribution >= 4 is 24.4 Å². The molecular weight excluding hydrogens is 550 g/mol. The Balaban J connectivity index is 3.23. The van der Waals surface area contributed by atoms with E-state index >= 15 is 0 Å². The van der Waals surface area contributed by atoms with Crippen molar-refractivity contribution in [3.63, 3.8) is 0 Å². The van der Waals surface area contributed by atoms with E-state index < -0.39 is 42.3 Å². The maximum absolute atomic E-state index is 12.5. The number of carboxylic acid groups (broad SMARTS) is 1. The van der Waals surface area contributed by atoms with Gasteiger partial charge in [-0.1, -0.05) is 73.3 Å². The van der Waals surface area contributed by atoms with Gasteiger partial charge in [-0.05, 0) is 41.9 Å². The summed E-state index contributed by atoms with van der Waals surface area (Å²) in [4.78, 5) is 48.7. The SMILES string of the molecule is CCCCCOC(=O)OCC(C)C(c1ccc(OC(=O)OCC(C)CC)c(OC(=O)OCC(C)CC)c1)[C@H](N)C(=O)O. The van der Waals surface area contributed by atoms with Crippen LogP contribution in [-0.4, -0.2) is 62.0 Å². The molecule has 1 rings (SSSR count). The third-order valence-corrected chi connectivity index (χ3v) is 6.82. The molecular formula is C30H47NO11. The van der Waals surface area contributed by atoms with Gasteiger partial charge in [0.05, 0.1) is 26.4 Å². The van der Waals surface area contributed by atoms with Crippen LogP contribution in [0.25, 0.3) is 0 Å². The highest BCUT2D eigenvalue weighted by Crippen LogP contribution is 2.36. The van der Waals surface area contributed by atoms with Gasteiger partial charge in [0.1, 0.15) is 6.04 Å². The first-order valence-corrected chi connectivity index (χ1v) is 14.5. The normalized spacial score (nSPS) is 14.5. The Kier molecular flexibility index (Phi) is 17.0. The Hall–Kier alpha value is -3.54. The lowest BCUT2D eigenvalue weighted by molar-refractivity contribution is -0.139. The van der Waals surface area contributed by atoms with Crippen molar-refractivity contribution in [2.45, 2.75) is 85.6 Å². The number of unbranched alkanes of at least 4 members (excludes halogenated alkanes) is 2. The third-order valence-electron chi connectivity index (χ3n) is 6.82. The number of hydrogen-bond acceptors (Lipinski definition) is 11. The second-order valence-electron chi connectivity index (χ2n) is 10.5. The van der Waals surface area contributed by atoms with Gasteiger partial charge in [-0.2, -0.15) is 0 Å². The highest BCUT2D eigenvalue weighted by atomic mass is 16.7. The van der Waals surface area contributed by atoms with Crippen molar-refractivity contribution in [1.82, 2.24) is 0 Å². The van der Waals surface area contributed by atoms with E-state index in [1.807, 2.05) is 34.6 Å². The number of aliphatic carboxylic acids is 1. The zero-order valence-electron chi connectivity index (χ0n) is 25.6. The van der Waals surface area contributed by atoms with Crippen molar-refractivity contribution < 1.29 is 52.7 Å². The van der Waals surface area contributed by atoms with Gasteiger partial charge in [0.25, 0.3) is 0 Å². The number of nitrogens with two attached hydrogens (primary N) is 1. The summed E-state index contributed by atoms with van der Waals surface area (Å²) >= 11 is 0. The van der Waals surface area contributed by atoms with Crippen LogP contribution in [0.2, 0.25) is 0 Å². The molecule has 0 aromatic heterocycles. The number of carboxylic acids is 1. The summed E-state index contributed by atoms with van der Waals surface area (Å²) in [6.07, 6.45) is 1.25. The molecule has 0 amide bonds. The molecule has 12 nitrogen and oxygen atoms in total. The molecule has 1 aromatic rings. The Morgan fingerprint density at radius 2 is 1.31 bits per heavy atom. The average molecular weight is 598 g/mol. The molecule has 3 N–H and O–H groups in total. The topological polar surface area (TPSA) is 170 Å². The van der Waals surface area contributed by atoms with Crippen LogP contribution in [0.3, 0.4) is 0 Å². The fourth-order valence-electron chi connectivity index (χ4n) is 3.69. The van der Waals surface area contributed by atoms with E-state index in [0.717, 1.165) is 25.7 Å². The molecule has 238 valence electrons. The van der Waals surface area contributed by atoms with Crippen LogP contribution in [-0.2, 0) is 23.7 Å². The number of rotatable bonds is 18. The van der Waals surface area contributed by atoms with Crippen LogP contribution < -0.4 is 15.2 Å². The molecule has 42 heavy (non-hydrogen) atoms. The Morgan fingerprint density at radius 1 is 0.762 bits per heavy atom. The minimum atomic E-state index is -1.42. The van der Waals surface area contributed by atoms with Crippen molar-refractivity contribution in [3.05, 3.63) is 23.8 Å². The maximum Gasteiger partial charge on any atom is 0.513 e. The number of carbonyl (C=O) groups excluding carboxylic acids is 3. The lowest BCUT2D eigenvalue weighted by Crippen LogP contribution is -2.40. The summed E-state index contributed by atoms with van der Waals surface area (Å²) in [7, 11) is 0. The third kappa shape index (κ3) is 13.4. The Labute approximate surface area is 248 Å². The largest absolute Gasteiger partial charge is 0.513 e. The highest BCUT2D eigenvalue weighted by molar-refractivity contribution is 5.75. The molecule has 12 heteroatoms. The second-order valence-corrected chi connectivity index (χ2v) is 10.5. The van der Waals surface area contributed by atoms with E-state index in [1.54, 1.807) is 6.92 Å². The van der Waals surface area contributed by atoms with E-state index in [0.29, 0.717) is 12.0 Å². The predicted molar refractivity (Wildman–Crippen MR) is 154 cm³/mol. The van der Waals surface area contributed by atoms with Gasteiger partial charge in [0.15, 0.2) is 11.5 Å². The monoisotopic (exact) mass is 597 g/mol. The van der Waals surface area contributed by atoms with Gasteiger partial charge in [0.2, 0.25) is 0 Å². The molecule has 0 spiro atoms. The summed E-state index contributed by atoms with van der Waals surface area (Å²) < 4.78 is 31.2. The summed E-state index contributed by atoms with van der Waals surface area (Å²) in [5, 5.41) is 9.72. The second kappa shape index (κ2) is 19.6. The lowest BCUT2D eigenvalue weighted by Gasteiger charge is -2.28. The highest BCUT2D eigenvalue weighted by Gasteiger charge is 2.33. The zero-order valence-corrected chi connectivity index (χ0v) is 25.6. The average Bonchev–Trinajstić information content (AvgIpc) is 2.96. The molecule has 0 aliphatic carbocycles. The molecule has 0 aliphatic heterocycles. The van der Waals surface area contributed by atoms with Gasteiger partial charge in [-0.25, -0.2) is 14.4 Å². The van der Waals surface area contributed by atoms with Crippen LogP contribution in [0, 0.1) is 17.8 Å². The molecule has 0 aliphatic rings. The molecule has 0 radical (unpaired) electrons. The molecule has 0 bridgehead atoms. The minimum absolute atomic E-state index is 0.0901. The fraction of sp³-hybridized carbons (Fsp3) is 0.667. The zero-order chi connectivity index (χ0) is 31.7. The van der Waals surface area contributed by atoms with Crippen molar-refractivity contribution in [2.24, 2.45) is 23.5 Å². The van der Waals surface area contributed by atoms with E-state index in [4.69, 9.17) is 34.2 Å². The first-order chi connectivity index (χ1) is 19.9. The van der Waals surface area contributed by atoms with E-state index in [1.165, 1.54) is 18.2 Å². The first kappa shape index (κ1) is 36.5. The molecule has 4 unspecified atom stereocenters. The van der Waals surface area contributed by atoms with Gasteiger partial charge in [-0.3, -0.25) is 4.79 Å². The summed E-state index contributed by atoms with van der Waals surface area (Å²) in [5.41, 5.74) is 6.39.